The van der Waals surface area contributed by atoms with E-state index in [4.69, 9.17) is 0 Å². The predicted octanol–water partition coefficient (Wildman–Crippen LogP) is 1.61. The van der Waals surface area contributed by atoms with E-state index in [0.29, 0.717) is 12.5 Å². The molecular formula is C15H31N3O. The van der Waals surface area contributed by atoms with Crippen LogP contribution in [0.2, 0.25) is 0 Å². The number of likely N-dealkylation sites (N-methyl/N-ethyl adjacent to an activating group) is 1. The first-order valence-corrected chi connectivity index (χ1v) is 7.55. The maximum Gasteiger partial charge on any atom is 0.234 e. The molecule has 19 heavy (non-hydrogen) atoms. The maximum atomic E-state index is 11.8. The van der Waals surface area contributed by atoms with Crippen LogP contribution in [-0.2, 0) is 4.79 Å². The Morgan fingerprint density at radius 2 is 1.79 bits per heavy atom. The van der Waals surface area contributed by atoms with Crippen LogP contribution in [0.4, 0.5) is 0 Å². The second-order valence-electron chi connectivity index (χ2n) is 6.53. The van der Waals surface area contributed by atoms with E-state index in [2.05, 4.69) is 50.4 Å². The zero-order valence-corrected chi connectivity index (χ0v) is 13.3. The van der Waals surface area contributed by atoms with Gasteiger partial charge in [-0.15, -0.1) is 0 Å². The third-order valence-electron chi connectivity index (χ3n) is 4.61. The summed E-state index contributed by atoms with van der Waals surface area (Å²) < 4.78 is 0. The largest absolute Gasteiger partial charge is 0.352 e. The lowest BCUT2D eigenvalue weighted by Gasteiger charge is -2.36. The first-order valence-electron chi connectivity index (χ1n) is 7.55. The van der Waals surface area contributed by atoms with Gasteiger partial charge in [0.15, 0.2) is 0 Å². The van der Waals surface area contributed by atoms with E-state index in [0.717, 1.165) is 6.54 Å². The van der Waals surface area contributed by atoms with Crippen molar-refractivity contribution in [1.29, 1.82) is 0 Å². The molecule has 0 radical (unpaired) electrons. The molecular weight excluding hydrogens is 238 g/mol. The zero-order chi connectivity index (χ0) is 14.5. The average Bonchev–Trinajstić information content (AvgIpc) is 2.78. The minimum absolute atomic E-state index is 0.105. The van der Waals surface area contributed by atoms with E-state index in [1.807, 2.05) is 0 Å². The summed E-state index contributed by atoms with van der Waals surface area (Å²) in [6.07, 6.45) is 5.07. The molecule has 0 bridgehead atoms. The normalized spacial score (nSPS) is 19.9. The van der Waals surface area contributed by atoms with Gasteiger partial charge in [0.2, 0.25) is 5.91 Å². The van der Waals surface area contributed by atoms with Gasteiger partial charge >= 0.3 is 0 Å². The first-order chi connectivity index (χ1) is 8.87. The van der Waals surface area contributed by atoms with Crippen LogP contribution in [0.3, 0.4) is 0 Å². The summed E-state index contributed by atoms with van der Waals surface area (Å²) in [4.78, 5) is 14.1. The molecule has 1 amide bonds. The Kier molecular flexibility index (Phi) is 6.27. The highest BCUT2D eigenvalue weighted by Crippen LogP contribution is 2.32. The Morgan fingerprint density at radius 3 is 2.26 bits per heavy atom. The van der Waals surface area contributed by atoms with Gasteiger partial charge in [0.05, 0.1) is 6.54 Å². The van der Waals surface area contributed by atoms with Crippen molar-refractivity contribution in [3.05, 3.63) is 0 Å². The molecule has 1 aliphatic rings. The molecule has 1 fully saturated rings. The van der Waals surface area contributed by atoms with Crippen molar-refractivity contribution in [2.45, 2.75) is 58.0 Å². The van der Waals surface area contributed by atoms with Gasteiger partial charge in [-0.25, -0.2) is 0 Å². The van der Waals surface area contributed by atoms with Crippen LogP contribution in [0.1, 0.15) is 46.5 Å². The molecule has 1 saturated carbocycles. The Hall–Kier alpha value is -0.610. The van der Waals surface area contributed by atoms with E-state index >= 15 is 0 Å². The van der Waals surface area contributed by atoms with Crippen molar-refractivity contribution in [2.75, 3.05) is 27.2 Å². The van der Waals surface area contributed by atoms with Gasteiger partial charge in [0.1, 0.15) is 0 Å². The van der Waals surface area contributed by atoms with Crippen molar-refractivity contribution in [1.82, 2.24) is 15.5 Å². The minimum Gasteiger partial charge on any atom is -0.352 e. The van der Waals surface area contributed by atoms with Gasteiger partial charge in [-0.2, -0.15) is 0 Å². The Bertz CT molecular complexity index is 283. The molecule has 1 aliphatic carbocycles. The average molecular weight is 269 g/mol. The maximum absolute atomic E-state index is 11.8. The van der Waals surface area contributed by atoms with Crippen LogP contribution >= 0.6 is 0 Å². The fourth-order valence-electron chi connectivity index (χ4n) is 2.70. The van der Waals surface area contributed by atoms with Crippen molar-refractivity contribution in [2.24, 2.45) is 5.92 Å². The molecule has 0 aromatic rings. The number of nitrogens with zero attached hydrogens (tertiary/aromatic N) is 1. The lowest BCUT2D eigenvalue weighted by molar-refractivity contribution is -0.121. The monoisotopic (exact) mass is 269 g/mol. The number of carbonyl (C=O) groups excluding carboxylic acids is 1. The minimum atomic E-state index is 0.105. The van der Waals surface area contributed by atoms with Crippen molar-refractivity contribution in [3.8, 4) is 0 Å². The van der Waals surface area contributed by atoms with Crippen molar-refractivity contribution >= 4 is 5.91 Å². The molecule has 4 nitrogen and oxygen atoms in total. The third-order valence-corrected chi connectivity index (χ3v) is 4.61. The van der Waals surface area contributed by atoms with Gasteiger partial charge in [-0.3, -0.25) is 4.79 Å². The third kappa shape index (κ3) is 4.77. The van der Waals surface area contributed by atoms with Crippen LogP contribution in [-0.4, -0.2) is 49.6 Å². The van der Waals surface area contributed by atoms with Gasteiger partial charge in [0, 0.05) is 18.1 Å². The van der Waals surface area contributed by atoms with E-state index < -0.39 is 0 Å². The first kappa shape index (κ1) is 16.4. The molecule has 0 saturated heterocycles. The Labute approximate surface area is 118 Å². The molecule has 1 rings (SSSR count). The molecule has 0 aromatic carbocycles. The number of amides is 1. The number of rotatable bonds is 7. The number of carbonyl (C=O) groups is 1. The second kappa shape index (κ2) is 7.25. The molecule has 0 aliphatic heterocycles. The van der Waals surface area contributed by atoms with E-state index in [1.54, 1.807) is 0 Å². The summed E-state index contributed by atoms with van der Waals surface area (Å²) in [6, 6.07) is 0.239. The SMILES string of the molecule is CC(C)C(C)NC(=O)CNCC1(N(C)C)CCCC1. The van der Waals surface area contributed by atoms with Crippen LogP contribution in [0.25, 0.3) is 0 Å². The molecule has 0 spiro atoms. The number of hydrogen-bond donors (Lipinski definition) is 2. The van der Waals surface area contributed by atoms with Crippen LogP contribution in [0, 0.1) is 5.92 Å². The van der Waals surface area contributed by atoms with E-state index in [-0.39, 0.29) is 17.5 Å². The fourth-order valence-corrected chi connectivity index (χ4v) is 2.70. The fraction of sp³-hybridized carbons (Fsp3) is 0.933. The van der Waals surface area contributed by atoms with Crippen LogP contribution in [0.15, 0.2) is 0 Å². The standard InChI is InChI=1S/C15H31N3O/c1-12(2)13(3)17-14(19)10-16-11-15(18(4)5)8-6-7-9-15/h12-13,16H,6-11H2,1-5H3,(H,17,19). The van der Waals surface area contributed by atoms with Crippen molar-refractivity contribution < 1.29 is 4.79 Å². The van der Waals surface area contributed by atoms with Gasteiger partial charge in [0.25, 0.3) is 0 Å². The summed E-state index contributed by atoms with van der Waals surface area (Å²) >= 11 is 0. The lowest BCUT2D eigenvalue weighted by Crippen LogP contribution is -2.51. The zero-order valence-electron chi connectivity index (χ0n) is 13.3. The topological polar surface area (TPSA) is 44.4 Å². The molecule has 1 atom stereocenters. The lowest BCUT2D eigenvalue weighted by atomic mass is 9.96. The summed E-state index contributed by atoms with van der Waals surface area (Å²) in [5.41, 5.74) is 0.254. The molecule has 112 valence electrons. The highest BCUT2D eigenvalue weighted by molar-refractivity contribution is 5.78. The van der Waals surface area contributed by atoms with Gasteiger partial charge in [-0.05, 0) is 39.8 Å². The highest BCUT2D eigenvalue weighted by atomic mass is 16.1. The van der Waals surface area contributed by atoms with Gasteiger partial charge < -0.3 is 15.5 Å². The number of nitrogens with one attached hydrogen (secondary N) is 2. The number of hydrogen-bond acceptors (Lipinski definition) is 3. The second-order valence-corrected chi connectivity index (χ2v) is 6.53. The molecule has 1 unspecified atom stereocenters. The molecule has 4 heteroatoms. The molecule has 0 aromatic heterocycles. The predicted molar refractivity (Wildman–Crippen MR) is 80.2 cm³/mol. The van der Waals surface area contributed by atoms with Crippen molar-refractivity contribution in [3.63, 3.8) is 0 Å². The summed E-state index contributed by atoms with van der Waals surface area (Å²) in [7, 11) is 4.29. The highest BCUT2D eigenvalue weighted by Gasteiger charge is 2.35. The van der Waals surface area contributed by atoms with E-state index in [1.165, 1.54) is 25.7 Å². The Morgan fingerprint density at radius 1 is 1.21 bits per heavy atom. The molecule has 0 heterocycles. The smallest absolute Gasteiger partial charge is 0.234 e. The van der Waals surface area contributed by atoms with Crippen LogP contribution in [0.5, 0.6) is 0 Å². The quantitative estimate of drug-likeness (QED) is 0.738. The van der Waals surface area contributed by atoms with E-state index in [9.17, 15) is 4.79 Å². The van der Waals surface area contributed by atoms with Gasteiger partial charge in [-0.1, -0.05) is 26.7 Å². The Balaban J connectivity index is 2.31. The van der Waals surface area contributed by atoms with Crippen LogP contribution < -0.4 is 10.6 Å². The summed E-state index contributed by atoms with van der Waals surface area (Å²) in [5, 5.41) is 6.37. The molecule has 2 N–H and O–H groups in total. The summed E-state index contributed by atoms with van der Waals surface area (Å²) in [5.74, 6) is 0.583. The summed E-state index contributed by atoms with van der Waals surface area (Å²) in [6.45, 7) is 7.63.